The number of hydrogen-bond acceptors (Lipinski definition) is 4. The second-order valence-electron chi connectivity index (χ2n) is 6.83. The third kappa shape index (κ3) is 5.15. The minimum absolute atomic E-state index is 0.299. The molecule has 0 saturated heterocycles. The van der Waals surface area contributed by atoms with Crippen LogP contribution in [0.2, 0.25) is 0 Å². The van der Waals surface area contributed by atoms with Crippen molar-refractivity contribution in [1.82, 2.24) is 4.98 Å². The number of anilines is 3. The highest BCUT2D eigenvalue weighted by Gasteiger charge is 2.14. The number of thiazole rings is 1. The maximum Gasteiger partial charge on any atom is 0.323 e. The van der Waals surface area contributed by atoms with Crippen molar-refractivity contribution < 1.29 is 9.59 Å². The number of rotatable bonds is 5. The van der Waals surface area contributed by atoms with Gasteiger partial charge in [0.15, 0.2) is 0 Å². The Kier molecular flexibility index (Phi) is 6.05. The molecule has 0 radical (unpaired) electrons. The molecule has 3 amide bonds. The summed E-state index contributed by atoms with van der Waals surface area (Å²) in [7, 11) is 0. The molecular formula is C24H20N4O2S. The lowest BCUT2D eigenvalue weighted by Gasteiger charge is -2.12. The number of carbonyl (C=O) groups excluding carboxylic acids is 2. The van der Waals surface area contributed by atoms with Gasteiger partial charge < -0.3 is 16.0 Å². The zero-order valence-corrected chi connectivity index (χ0v) is 17.6. The first-order chi connectivity index (χ1) is 15.1. The minimum Gasteiger partial charge on any atom is -0.320 e. The van der Waals surface area contributed by atoms with Crippen LogP contribution in [0.25, 0.3) is 10.6 Å². The van der Waals surface area contributed by atoms with Crippen LogP contribution in [0.3, 0.4) is 0 Å². The van der Waals surface area contributed by atoms with Gasteiger partial charge >= 0.3 is 6.03 Å². The lowest BCUT2D eigenvalue weighted by molar-refractivity contribution is 0.102. The second-order valence-corrected chi connectivity index (χ2v) is 7.69. The molecule has 0 aliphatic carbocycles. The van der Waals surface area contributed by atoms with E-state index in [0.29, 0.717) is 22.8 Å². The van der Waals surface area contributed by atoms with E-state index in [2.05, 4.69) is 20.9 Å². The summed E-state index contributed by atoms with van der Waals surface area (Å²) in [5.41, 5.74) is 4.07. The van der Waals surface area contributed by atoms with Crippen LogP contribution < -0.4 is 16.0 Å². The van der Waals surface area contributed by atoms with Gasteiger partial charge in [-0.15, -0.1) is 11.3 Å². The number of aromatic nitrogens is 1. The highest BCUT2D eigenvalue weighted by atomic mass is 32.1. The van der Waals surface area contributed by atoms with E-state index in [1.807, 2.05) is 61.5 Å². The van der Waals surface area contributed by atoms with E-state index in [4.69, 9.17) is 0 Å². The molecule has 0 saturated carbocycles. The van der Waals surface area contributed by atoms with Gasteiger partial charge in [0, 0.05) is 28.0 Å². The van der Waals surface area contributed by atoms with E-state index >= 15 is 0 Å². The van der Waals surface area contributed by atoms with Crippen molar-refractivity contribution in [2.75, 3.05) is 16.0 Å². The van der Waals surface area contributed by atoms with E-state index < -0.39 is 0 Å². The monoisotopic (exact) mass is 428 g/mol. The predicted octanol–water partition coefficient (Wildman–Crippen LogP) is 6.01. The van der Waals surface area contributed by atoms with Crippen LogP contribution in [0.1, 0.15) is 16.1 Å². The number of aryl methyl sites for hydroxylation is 1. The molecule has 1 heterocycles. The Bertz CT molecular complexity index is 1210. The summed E-state index contributed by atoms with van der Waals surface area (Å²) in [6.07, 6.45) is 0. The molecule has 0 aliphatic rings. The Morgan fingerprint density at radius 3 is 2.23 bits per heavy atom. The SMILES string of the molecule is Cc1ccc(NC(=O)Nc2ccccc2)cc1NC(=O)c1csc(-c2ccccc2)n1. The van der Waals surface area contributed by atoms with Gasteiger partial charge in [0.05, 0.1) is 0 Å². The van der Waals surface area contributed by atoms with Gasteiger partial charge in [0.25, 0.3) is 5.91 Å². The normalized spacial score (nSPS) is 10.4. The smallest absolute Gasteiger partial charge is 0.320 e. The van der Waals surface area contributed by atoms with Crippen LogP contribution >= 0.6 is 11.3 Å². The minimum atomic E-state index is -0.362. The lowest BCUT2D eigenvalue weighted by atomic mass is 10.1. The van der Waals surface area contributed by atoms with Crippen molar-refractivity contribution in [3.63, 3.8) is 0 Å². The molecule has 0 atom stereocenters. The molecule has 0 aliphatic heterocycles. The van der Waals surface area contributed by atoms with Gasteiger partial charge in [0.2, 0.25) is 0 Å². The van der Waals surface area contributed by atoms with Crippen LogP contribution in [-0.4, -0.2) is 16.9 Å². The van der Waals surface area contributed by atoms with E-state index in [-0.39, 0.29) is 11.9 Å². The molecule has 0 bridgehead atoms. The lowest BCUT2D eigenvalue weighted by Crippen LogP contribution is -2.19. The molecule has 4 rings (SSSR count). The standard InChI is InChI=1S/C24H20N4O2S/c1-16-12-13-19(26-24(30)25-18-10-6-3-7-11-18)14-20(16)27-22(29)21-15-31-23(28-21)17-8-4-2-5-9-17/h2-15H,1H3,(H,27,29)(H2,25,26,30). The fraction of sp³-hybridized carbons (Fsp3) is 0.0417. The average Bonchev–Trinajstić information content (AvgIpc) is 3.28. The molecule has 0 fully saturated rings. The van der Waals surface area contributed by atoms with E-state index in [1.54, 1.807) is 29.6 Å². The number of para-hydroxylation sites is 1. The second kappa shape index (κ2) is 9.23. The summed E-state index contributed by atoms with van der Waals surface area (Å²) in [6.45, 7) is 1.89. The van der Waals surface area contributed by atoms with Crippen LogP contribution in [-0.2, 0) is 0 Å². The first-order valence-corrected chi connectivity index (χ1v) is 10.5. The molecule has 6 nitrogen and oxygen atoms in total. The summed E-state index contributed by atoms with van der Waals surface area (Å²) in [4.78, 5) is 29.4. The van der Waals surface area contributed by atoms with E-state index in [0.717, 1.165) is 16.1 Å². The highest BCUT2D eigenvalue weighted by Crippen LogP contribution is 2.25. The van der Waals surface area contributed by atoms with Crippen LogP contribution in [0, 0.1) is 6.92 Å². The number of nitrogens with one attached hydrogen (secondary N) is 3. The molecule has 7 heteroatoms. The summed E-state index contributed by atoms with van der Waals surface area (Å²) in [5.74, 6) is -0.299. The zero-order valence-electron chi connectivity index (χ0n) is 16.8. The Morgan fingerprint density at radius 2 is 1.48 bits per heavy atom. The van der Waals surface area contributed by atoms with Crippen molar-refractivity contribution in [2.24, 2.45) is 0 Å². The molecule has 4 aromatic rings. The number of hydrogen-bond donors (Lipinski definition) is 3. The van der Waals surface area contributed by atoms with E-state index in [9.17, 15) is 9.59 Å². The number of carbonyl (C=O) groups is 2. The van der Waals surface area contributed by atoms with Gasteiger partial charge in [-0.25, -0.2) is 9.78 Å². The first-order valence-electron chi connectivity index (χ1n) is 9.64. The fourth-order valence-corrected chi connectivity index (χ4v) is 3.73. The third-order valence-corrected chi connectivity index (χ3v) is 5.42. The predicted molar refractivity (Wildman–Crippen MR) is 126 cm³/mol. The fourth-order valence-electron chi connectivity index (χ4n) is 2.93. The molecule has 0 spiro atoms. The zero-order chi connectivity index (χ0) is 21.6. The average molecular weight is 429 g/mol. The van der Waals surface area contributed by atoms with Gasteiger partial charge in [-0.2, -0.15) is 0 Å². The molecule has 1 aromatic heterocycles. The molecule has 3 N–H and O–H groups in total. The number of nitrogens with zero attached hydrogens (tertiary/aromatic N) is 1. The van der Waals surface area contributed by atoms with Gasteiger partial charge in [-0.1, -0.05) is 54.6 Å². The number of urea groups is 1. The number of amides is 3. The Labute approximate surface area is 184 Å². The quantitative estimate of drug-likeness (QED) is 0.364. The van der Waals surface area contributed by atoms with Gasteiger partial charge in [-0.05, 0) is 36.8 Å². The van der Waals surface area contributed by atoms with Crippen molar-refractivity contribution in [2.45, 2.75) is 6.92 Å². The van der Waals surface area contributed by atoms with Gasteiger partial charge in [0.1, 0.15) is 10.7 Å². The summed E-state index contributed by atoms with van der Waals surface area (Å²) >= 11 is 1.42. The maximum atomic E-state index is 12.7. The van der Waals surface area contributed by atoms with Crippen LogP contribution in [0.4, 0.5) is 21.9 Å². The van der Waals surface area contributed by atoms with E-state index in [1.165, 1.54) is 11.3 Å². The van der Waals surface area contributed by atoms with Crippen LogP contribution in [0.5, 0.6) is 0 Å². The highest BCUT2D eigenvalue weighted by molar-refractivity contribution is 7.13. The molecule has 3 aromatic carbocycles. The molecule has 31 heavy (non-hydrogen) atoms. The Morgan fingerprint density at radius 1 is 0.806 bits per heavy atom. The Hall–Kier alpha value is -3.97. The van der Waals surface area contributed by atoms with Crippen molar-refractivity contribution >= 4 is 40.3 Å². The first kappa shape index (κ1) is 20.3. The molecule has 154 valence electrons. The summed E-state index contributed by atoms with van der Waals surface area (Å²) in [6, 6.07) is 23.9. The topological polar surface area (TPSA) is 83.1 Å². The molecular weight excluding hydrogens is 408 g/mol. The maximum absolute atomic E-state index is 12.7. The van der Waals surface area contributed by atoms with Gasteiger partial charge in [-0.3, -0.25) is 4.79 Å². The molecule has 0 unspecified atom stereocenters. The van der Waals surface area contributed by atoms with Crippen LogP contribution in [0.15, 0.2) is 84.2 Å². The van der Waals surface area contributed by atoms with Crippen molar-refractivity contribution in [3.8, 4) is 10.6 Å². The largest absolute Gasteiger partial charge is 0.323 e. The number of benzene rings is 3. The third-order valence-electron chi connectivity index (χ3n) is 4.53. The van der Waals surface area contributed by atoms with Crippen molar-refractivity contribution in [1.29, 1.82) is 0 Å². The Balaban J connectivity index is 1.44. The van der Waals surface area contributed by atoms with Crippen molar-refractivity contribution in [3.05, 3.63) is 95.5 Å². The summed E-state index contributed by atoms with van der Waals surface area (Å²) < 4.78 is 0. The summed E-state index contributed by atoms with van der Waals surface area (Å²) in [5, 5.41) is 11.0.